The molecule has 4 nitrogen and oxygen atoms in total. The lowest BCUT2D eigenvalue weighted by Crippen LogP contribution is -2.15. The minimum absolute atomic E-state index is 0.0357. The van der Waals surface area contributed by atoms with Crippen molar-refractivity contribution in [2.24, 2.45) is 0 Å². The van der Waals surface area contributed by atoms with Crippen molar-refractivity contribution in [2.45, 2.75) is 0 Å². The highest BCUT2D eigenvalue weighted by atomic mass is 19.1. The molecule has 0 bridgehead atoms. The van der Waals surface area contributed by atoms with Gasteiger partial charge in [0.2, 0.25) is 0 Å². The molecule has 3 N–H and O–H groups in total. The fourth-order valence-electron chi connectivity index (χ4n) is 1.69. The van der Waals surface area contributed by atoms with Crippen LogP contribution >= 0.6 is 0 Å². The van der Waals surface area contributed by atoms with Crippen molar-refractivity contribution in [3.05, 3.63) is 53.6 Å². The van der Waals surface area contributed by atoms with E-state index < -0.39 is 17.5 Å². The number of ether oxygens (including phenoxy) is 1. The van der Waals surface area contributed by atoms with Gasteiger partial charge in [-0.25, -0.2) is 8.78 Å². The summed E-state index contributed by atoms with van der Waals surface area (Å²) in [5, 5.41) is 2.39. The molecule has 2 aromatic carbocycles. The molecule has 0 fully saturated rings. The molecule has 0 aliphatic heterocycles. The second-order valence-corrected chi connectivity index (χ2v) is 4.01. The summed E-state index contributed by atoms with van der Waals surface area (Å²) in [5.74, 6) is -2.02. The van der Waals surface area contributed by atoms with Crippen molar-refractivity contribution in [1.82, 2.24) is 0 Å². The normalized spacial score (nSPS) is 10.2. The lowest BCUT2D eigenvalue weighted by molar-refractivity contribution is 0.102. The van der Waals surface area contributed by atoms with Crippen molar-refractivity contribution in [2.75, 3.05) is 18.2 Å². The molecule has 0 atom stereocenters. The molecule has 0 unspecified atom stereocenters. The molecule has 20 heavy (non-hydrogen) atoms. The molecule has 2 aromatic rings. The highest BCUT2D eigenvalue weighted by Crippen LogP contribution is 2.23. The molecular weight excluding hydrogens is 266 g/mol. The highest BCUT2D eigenvalue weighted by molar-refractivity contribution is 6.06. The Kier molecular flexibility index (Phi) is 3.84. The van der Waals surface area contributed by atoms with E-state index in [2.05, 4.69) is 5.32 Å². The maximum Gasteiger partial charge on any atom is 0.262 e. The Morgan fingerprint density at radius 2 is 1.95 bits per heavy atom. The van der Waals surface area contributed by atoms with E-state index in [4.69, 9.17) is 10.5 Å². The Bertz CT molecular complexity index is 660. The Hall–Kier alpha value is -2.63. The van der Waals surface area contributed by atoms with E-state index in [9.17, 15) is 13.6 Å². The van der Waals surface area contributed by atoms with Gasteiger partial charge in [0, 0.05) is 5.69 Å². The molecule has 0 radical (unpaired) electrons. The molecule has 2 rings (SSSR count). The minimum Gasteiger partial charge on any atom is -0.496 e. The fourth-order valence-corrected chi connectivity index (χ4v) is 1.69. The van der Waals surface area contributed by atoms with Gasteiger partial charge in [0.25, 0.3) is 5.91 Å². The topological polar surface area (TPSA) is 64.3 Å². The molecule has 104 valence electrons. The number of methoxy groups -OCH3 is 1. The number of anilines is 2. The van der Waals surface area contributed by atoms with Gasteiger partial charge < -0.3 is 15.8 Å². The third-order valence-electron chi connectivity index (χ3n) is 2.68. The standard InChI is InChI=1S/C14H12F2N2O2/c1-20-12-4-2-3-9(15)13(12)14(19)18-8-5-6-11(17)10(16)7-8/h2-7H,17H2,1H3,(H,18,19). The van der Waals surface area contributed by atoms with E-state index in [-0.39, 0.29) is 22.7 Å². The molecule has 0 aromatic heterocycles. The zero-order valence-corrected chi connectivity index (χ0v) is 10.6. The number of nitrogens with one attached hydrogen (secondary N) is 1. The number of nitrogen functional groups attached to an aromatic ring is 1. The summed E-state index contributed by atoms with van der Waals surface area (Å²) in [6.45, 7) is 0. The monoisotopic (exact) mass is 278 g/mol. The van der Waals surface area contributed by atoms with Crippen LogP contribution in [0, 0.1) is 11.6 Å². The first kappa shape index (κ1) is 13.8. The van der Waals surface area contributed by atoms with E-state index in [1.807, 2.05) is 0 Å². The van der Waals surface area contributed by atoms with E-state index in [0.29, 0.717) is 0 Å². The summed E-state index contributed by atoms with van der Waals surface area (Å²) in [5.41, 5.74) is 5.23. The largest absolute Gasteiger partial charge is 0.496 e. The van der Waals surface area contributed by atoms with Crippen LogP contribution in [0.2, 0.25) is 0 Å². The summed E-state index contributed by atoms with van der Waals surface area (Å²) in [7, 11) is 1.33. The second kappa shape index (κ2) is 5.56. The SMILES string of the molecule is COc1cccc(F)c1C(=O)Nc1ccc(N)c(F)c1. The number of hydrogen-bond acceptors (Lipinski definition) is 3. The number of carbonyl (C=O) groups is 1. The smallest absolute Gasteiger partial charge is 0.262 e. The van der Waals surface area contributed by atoms with Crippen LogP contribution in [-0.2, 0) is 0 Å². The molecular formula is C14H12F2N2O2. The van der Waals surface area contributed by atoms with Crippen molar-refractivity contribution >= 4 is 17.3 Å². The van der Waals surface area contributed by atoms with E-state index in [0.717, 1.165) is 12.1 Å². The average molecular weight is 278 g/mol. The van der Waals surface area contributed by atoms with E-state index in [1.165, 1.54) is 31.4 Å². The summed E-state index contributed by atoms with van der Waals surface area (Å²) < 4.78 is 31.9. The van der Waals surface area contributed by atoms with Crippen LogP contribution < -0.4 is 15.8 Å². The van der Waals surface area contributed by atoms with Crippen molar-refractivity contribution < 1.29 is 18.3 Å². The predicted molar refractivity (Wildman–Crippen MR) is 71.7 cm³/mol. The van der Waals surface area contributed by atoms with Crippen LogP contribution in [0.15, 0.2) is 36.4 Å². The fraction of sp³-hybridized carbons (Fsp3) is 0.0714. The van der Waals surface area contributed by atoms with Gasteiger partial charge in [-0.3, -0.25) is 4.79 Å². The Morgan fingerprint density at radius 1 is 1.20 bits per heavy atom. The maximum absolute atomic E-state index is 13.7. The van der Waals surface area contributed by atoms with Gasteiger partial charge in [0.15, 0.2) is 0 Å². The maximum atomic E-state index is 13.7. The minimum atomic E-state index is -0.732. The number of nitrogens with two attached hydrogens (primary N) is 1. The molecule has 0 saturated carbocycles. The number of hydrogen-bond donors (Lipinski definition) is 2. The van der Waals surface area contributed by atoms with E-state index >= 15 is 0 Å². The van der Waals surface area contributed by atoms with Crippen molar-refractivity contribution in [1.29, 1.82) is 0 Å². The van der Waals surface area contributed by atoms with Gasteiger partial charge >= 0.3 is 0 Å². The third kappa shape index (κ3) is 2.69. The van der Waals surface area contributed by atoms with Gasteiger partial charge in [0.1, 0.15) is 22.9 Å². The second-order valence-electron chi connectivity index (χ2n) is 4.01. The lowest BCUT2D eigenvalue weighted by atomic mass is 10.1. The van der Waals surface area contributed by atoms with Crippen molar-refractivity contribution in [3.8, 4) is 5.75 Å². The first-order chi connectivity index (χ1) is 9.52. The van der Waals surface area contributed by atoms with E-state index in [1.54, 1.807) is 0 Å². The summed E-state index contributed by atoms with van der Waals surface area (Å²) in [6.07, 6.45) is 0. The van der Waals surface area contributed by atoms with Gasteiger partial charge in [0.05, 0.1) is 12.8 Å². The van der Waals surface area contributed by atoms with Crippen LogP contribution in [-0.4, -0.2) is 13.0 Å². The molecule has 0 heterocycles. The molecule has 1 amide bonds. The Balaban J connectivity index is 2.30. The zero-order chi connectivity index (χ0) is 14.7. The predicted octanol–water partition coefficient (Wildman–Crippen LogP) is 2.81. The van der Waals surface area contributed by atoms with Crippen LogP contribution in [0.25, 0.3) is 0 Å². The number of amides is 1. The lowest BCUT2D eigenvalue weighted by Gasteiger charge is -2.10. The Labute approximate surface area is 114 Å². The molecule has 6 heteroatoms. The number of halogens is 2. The highest BCUT2D eigenvalue weighted by Gasteiger charge is 2.17. The van der Waals surface area contributed by atoms with Crippen LogP contribution in [0.4, 0.5) is 20.2 Å². The number of carbonyl (C=O) groups excluding carboxylic acids is 1. The summed E-state index contributed by atoms with van der Waals surface area (Å²) in [4.78, 5) is 12.0. The zero-order valence-electron chi connectivity index (χ0n) is 10.6. The summed E-state index contributed by atoms with van der Waals surface area (Å²) in [6, 6.07) is 7.81. The van der Waals surface area contributed by atoms with Gasteiger partial charge in [-0.2, -0.15) is 0 Å². The summed E-state index contributed by atoms with van der Waals surface area (Å²) >= 11 is 0. The van der Waals surface area contributed by atoms with Gasteiger partial charge in [-0.15, -0.1) is 0 Å². The third-order valence-corrected chi connectivity index (χ3v) is 2.68. The first-order valence-electron chi connectivity index (χ1n) is 5.72. The van der Waals surface area contributed by atoms with Gasteiger partial charge in [-0.05, 0) is 30.3 Å². The molecule has 0 saturated heterocycles. The molecule has 0 aliphatic carbocycles. The average Bonchev–Trinajstić information content (AvgIpc) is 2.42. The quantitative estimate of drug-likeness (QED) is 0.848. The Morgan fingerprint density at radius 3 is 2.60 bits per heavy atom. The van der Waals surface area contributed by atoms with Crippen LogP contribution in [0.3, 0.4) is 0 Å². The van der Waals surface area contributed by atoms with Crippen molar-refractivity contribution in [3.63, 3.8) is 0 Å². The number of benzene rings is 2. The molecule has 0 aliphatic rings. The number of rotatable bonds is 3. The molecule has 0 spiro atoms. The van der Waals surface area contributed by atoms with Crippen LogP contribution in [0.5, 0.6) is 5.75 Å². The first-order valence-corrected chi connectivity index (χ1v) is 5.72. The van der Waals surface area contributed by atoms with Crippen LogP contribution in [0.1, 0.15) is 10.4 Å². The van der Waals surface area contributed by atoms with Gasteiger partial charge in [-0.1, -0.05) is 6.07 Å².